The number of carbonyl (C=O) groups excluding carboxylic acids is 1. The van der Waals surface area contributed by atoms with Gasteiger partial charge in [-0.05, 0) is 68.3 Å². The number of carbonyl (C=O) groups is 1. The third-order valence-electron chi connectivity index (χ3n) is 6.72. The van der Waals surface area contributed by atoms with Gasteiger partial charge in [0.25, 0.3) is 0 Å². The second-order valence-corrected chi connectivity index (χ2v) is 9.58. The van der Waals surface area contributed by atoms with Crippen LogP contribution in [0.25, 0.3) is 0 Å². The van der Waals surface area contributed by atoms with Gasteiger partial charge in [0.1, 0.15) is 5.82 Å². The summed E-state index contributed by atoms with van der Waals surface area (Å²) in [5, 5.41) is 0. The topological polar surface area (TPSA) is 32.8 Å². The zero-order valence-electron chi connectivity index (χ0n) is 20.8. The highest BCUT2D eigenvalue weighted by molar-refractivity contribution is 5.77. The van der Waals surface area contributed by atoms with Crippen LogP contribution in [0, 0.1) is 5.82 Å². The van der Waals surface area contributed by atoms with Gasteiger partial charge in [0.2, 0.25) is 5.91 Å². The van der Waals surface area contributed by atoms with Crippen LogP contribution >= 0.6 is 0 Å². The summed E-state index contributed by atoms with van der Waals surface area (Å²) in [5.74, 6) is -0.985. The molecule has 0 aromatic heterocycles. The number of halogens is 7. The van der Waals surface area contributed by atoms with Gasteiger partial charge < -0.3 is 9.64 Å². The predicted molar refractivity (Wildman–Crippen MR) is 123 cm³/mol. The van der Waals surface area contributed by atoms with Crippen molar-refractivity contribution in [1.82, 2.24) is 9.80 Å². The Morgan fingerprint density at radius 2 is 1.49 bits per heavy atom. The molecule has 0 heterocycles. The van der Waals surface area contributed by atoms with Gasteiger partial charge in [-0.1, -0.05) is 12.1 Å². The Kier molecular flexibility index (Phi) is 8.58. The van der Waals surface area contributed by atoms with E-state index in [4.69, 9.17) is 4.74 Å². The number of benzene rings is 2. The molecule has 11 heteroatoms. The van der Waals surface area contributed by atoms with Crippen molar-refractivity contribution in [2.24, 2.45) is 0 Å². The monoisotopic (exact) mass is 534 g/mol. The number of hydrogen-bond donors (Lipinski definition) is 0. The highest BCUT2D eigenvalue weighted by atomic mass is 19.4. The fourth-order valence-corrected chi connectivity index (χ4v) is 4.74. The van der Waals surface area contributed by atoms with Crippen LogP contribution in [0.4, 0.5) is 30.7 Å². The maximum atomic E-state index is 13.6. The first kappa shape index (κ1) is 28.9. The first-order valence-corrected chi connectivity index (χ1v) is 11.7. The number of ether oxygens (including phenoxy) is 1. The Morgan fingerprint density at radius 3 is 1.97 bits per heavy atom. The number of nitrogens with zero attached hydrogens (tertiary/aromatic N) is 2. The van der Waals surface area contributed by atoms with E-state index in [1.165, 1.54) is 24.0 Å². The summed E-state index contributed by atoms with van der Waals surface area (Å²) < 4.78 is 99.8. The van der Waals surface area contributed by atoms with Crippen LogP contribution in [0.1, 0.15) is 54.0 Å². The number of rotatable bonds is 7. The molecule has 204 valence electrons. The molecule has 0 aliphatic heterocycles. The Hall–Kier alpha value is -2.66. The van der Waals surface area contributed by atoms with Gasteiger partial charge in [0.05, 0.1) is 29.9 Å². The zero-order valence-corrected chi connectivity index (χ0v) is 20.8. The van der Waals surface area contributed by atoms with Gasteiger partial charge >= 0.3 is 12.4 Å². The van der Waals surface area contributed by atoms with Crippen molar-refractivity contribution >= 4 is 5.91 Å². The van der Waals surface area contributed by atoms with Crippen molar-refractivity contribution in [3.63, 3.8) is 0 Å². The summed E-state index contributed by atoms with van der Waals surface area (Å²) in [7, 11) is 5.01. The Morgan fingerprint density at radius 1 is 0.946 bits per heavy atom. The quantitative estimate of drug-likeness (QED) is 0.393. The number of hydrogen-bond acceptors (Lipinski definition) is 3. The van der Waals surface area contributed by atoms with Crippen LogP contribution in [0.5, 0.6) is 0 Å². The summed E-state index contributed by atoms with van der Waals surface area (Å²) in [6, 6.07) is 6.90. The van der Waals surface area contributed by atoms with E-state index in [2.05, 4.69) is 0 Å². The molecule has 0 radical (unpaired) electrons. The van der Waals surface area contributed by atoms with Crippen molar-refractivity contribution < 1.29 is 40.3 Å². The third-order valence-corrected chi connectivity index (χ3v) is 6.72. The molecule has 0 N–H and O–H groups in total. The lowest BCUT2D eigenvalue weighted by Gasteiger charge is -2.33. The molecule has 4 atom stereocenters. The lowest BCUT2D eigenvalue weighted by atomic mass is 9.91. The van der Waals surface area contributed by atoms with E-state index in [0.717, 1.165) is 0 Å². The van der Waals surface area contributed by atoms with Crippen LogP contribution in [0.15, 0.2) is 42.5 Å². The molecule has 1 saturated carbocycles. The Labute approximate surface area is 211 Å². The van der Waals surface area contributed by atoms with Crippen molar-refractivity contribution in [3.05, 3.63) is 70.5 Å². The molecule has 3 rings (SSSR count). The molecule has 1 fully saturated rings. The molecule has 37 heavy (non-hydrogen) atoms. The maximum absolute atomic E-state index is 13.6. The number of alkyl halides is 6. The van der Waals surface area contributed by atoms with E-state index in [0.29, 0.717) is 30.5 Å². The average Bonchev–Trinajstić information content (AvgIpc) is 3.21. The highest BCUT2D eigenvalue weighted by Crippen LogP contribution is 2.43. The van der Waals surface area contributed by atoms with Crippen molar-refractivity contribution in [2.75, 3.05) is 27.7 Å². The molecular weight excluding hydrogens is 505 g/mol. The fourth-order valence-electron chi connectivity index (χ4n) is 4.74. The van der Waals surface area contributed by atoms with Crippen LogP contribution < -0.4 is 0 Å². The second-order valence-electron chi connectivity index (χ2n) is 9.58. The molecule has 2 aromatic rings. The maximum Gasteiger partial charge on any atom is 0.416 e. The minimum atomic E-state index is -4.97. The lowest BCUT2D eigenvalue weighted by molar-refractivity contribution is -0.143. The summed E-state index contributed by atoms with van der Waals surface area (Å²) in [6.45, 7) is 1.50. The Balaban J connectivity index is 1.93. The van der Waals surface area contributed by atoms with Crippen LogP contribution in [-0.2, 0) is 21.9 Å². The van der Waals surface area contributed by atoms with Gasteiger partial charge in [-0.25, -0.2) is 4.39 Å². The van der Waals surface area contributed by atoms with Crippen LogP contribution in [-0.4, -0.2) is 55.5 Å². The zero-order chi connectivity index (χ0) is 27.7. The van der Waals surface area contributed by atoms with Gasteiger partial charge in [0, 0.05) is 26.1 Å². The van der Waals surface area contributed by atoms with E-state index in [1.54, 1.807) is 33.3 Å². The molecule has 0 bridgehead atoms. The molecule has 0 saturated heterocycles. The van der Waals surface area contributed by atoms with Crippen molar-refractivity contribution in [3.8, 4) is 0 Å². The van der Waals surface area contributed by atoms with Gasteiger partial charge in [-0.3, -0.25) is 9.69 Å². The van der Waals surface area contributed by atoms with Gasteiger partial charge in [-0.15, -0.1) is 0 Å². The largest absolute Gasteiger partial charge is 0.416 e. The smallest absolute Gasteiger partial charge is 0.370 e. The van der Waals surface area contributed by atoms with E-state index in [9.17, 15) is 35.5 Å². The molecule has 1 aliphatic carbocycles. The summed E-state index contributed by atoms with van der Waals surface area (Å²) in [6.07, 6.45) is -10.6. The molecule has 1 aliphatic rings. The van der Waals surface area contributed by atoms with Crippen LogP contribution in [0.3, 0.4) is 0 Å². The molecule has 4 nitrogen and oxygen atoms in total. The van der Waals surface area contributed by atoms with E-state index in [1.807, 2.05) is 4.90 Å². The van der Waals surface area contributed by atoms with Crippen molar-refractivity contribution in [2.45, 2.75) is 56.3 Å². The molecule has 2 aromatic carbocycles. The fraction of sp³-hybridized carbons (Fsp3) is 0.500. The molecule has 0 unspecified atom stereocenters. The first-order chi connectivity index (χ1) is 17.1. The summed E-state index contributed by atoms with van der Waals surface area (Å²) in [4.78, 5) is 15.6. The molecule has 1 amide bonds. The SMILES string of the molecule is C[C@@H](O[C@H]1CC[C@@H](N(C)CC(=O)N(C)C)[C@@H]1c1ccc(F)cc1)c1cc(C(F)(F)F)cc(C(F)(F)F)c1. The van der Waals surface area contributed by atoms with Crippen LogP contribution in [0.2, 0.25) is 0 Å². The highest BCUT2D eigenvalue weighted by Gasteiger charge is 2.42. The normalized spacial score (nSPS) is 21.4. The number of amides is 1. The summed E-state index contributed by atoms with van der Waals surface area (Å²) >= 11 is 0. The first-order valence-electron chi connectivity index (χ1n) is 11.7. The predicted octanol–water partition coefficient (Wildman–Crippen LogP) is 6.28. The molecular formula is C26H29F7N2O2. The minimum absolute atomic E-state index is 0.0832. The second kappa shape index (κ2) is 11.0. The average molecular weight is 535 g/mol. The Bertz CT molecular complexity index is 1050. The third kappa shape index (κ3) is 7.01. The van der Waals surface area contributed by atoms with Gasteiger partial charge in [-0.2, -0.15) is 26.3 Å². The van der Waals surface area contributed by atoms with E-state index in [-0.39, 0.29) is 30.1 Å². The molecule has 0 spiro atoms. The number of likely N-dealkylation sites (N-methyl/N-ethyl adjacent to an activating group) is 2. The standard InChI is InChI=1S/C26H29F7N2O2/c1-15(17-11-18(25(28,29)30)13-19(12-17)26(31,32)33)37-22-10-9-21(35(4)14-23(36)34(2)3)24(22)16-5-7-20(27)8-6-16/h5-8,11-13,15,21-22,24H,9-10,14H2,1-4H3/t15-,21-,22+,24+/m1/s1. The minimum Gasteiger partial charge on any atom is -0.370 e. The van der Waals surface area contributed by atoms with E-state index < -0.39 is 47.4 Å². The lowest BCUT2D eigenvalue weighted by Crippen LogP contribution is -2.42. The van der Waals surface area contributed by atoms with E-state index >= 15 is 0 Å². The van der Waals surface area contributed by atoms with Gasteiger partial charge in [0.15, 0.2) is 0 Å². The van der Waals surface area contributed by atoms with Crippen molar-refractivity contribution in [1.29, 1.82) is 0 Å². The summed E-state index contributed by atoms with van der Waals surface area (Å²) in [5.41, 5.74) is -2.37.